The highest BCUT2D eigenvalue weighted by molar-refractivity contribution is 6.39. The molecule has 49 heavy (non-hydrogen) atoms. The molecule has 12 nitrogen and oxygen atoms in total. The lowest BCUT2D eigenvalue weighted by Gasteiger charge is -2.22. The van der Waals surface area contributed by atoms with Gasteiger partial charge >= 0.3 is 0 Å². The maximum absolute atomic E-state index is 12.4. The minimum Gasteiger partial charge on any atom is -0.480 e. The van der Waals surface area contributed by atoms with Crippen LogP contribution in [0.3, 0.4) is 0 Å². The number of fused-ring (bicyclic) bond motifs is 1. The zero-order valence-corrected chi connectivity index (χ0v) is 28.6. The number of hydrogen-bond acceptors (Lipinski definition) is 10. The zero-order valence-electron chi connectivity index (χ0n) is 27.1. The number of nitrogens with one attached hydrogen (secondary N) is 3. The molecule has 0 bridgehead atoms. The van der Waals surface area contributed by atoms with Crippen LogP contribution in [0.1, 0.15) is 30.7 Å². The van der Waals surface area contributed by atoms with E-state index in [2.05, 4.69) is 25.8 Å². The summed E-state index contributed by atoms with van der Waals surface area (Å²) in [6.45, 7) is 3.08. The molecule has 3 N–H and O–H groups in total. The van der Waals surface area contributed by atoms with Crippen LogP contribution in [0.25, 0.3) is 33.6 Å². The normalized spacial score (nSPS) is 20.3. The van der Waals surface area contributed by atoms with E-state index in [1.165, 1.54) is 0 Å². The van der Waals surface area contributed by atoms with Crippen molar-refractivity contribution in [2.24, 2.45) is 5.92 Å². The van der Waals surface area contributed by atoms with E-state index in [4.69, 9.17) is 47.6 Å². The molecule has 3 fully saturated rings. The van der Waals surface area contributed by atoms with E-state index in [9.17, 15) is 9.59 Å². The fraction of sp³-hybridized carbons (Fsp3) is 0.371. The topological polar surface area (TPSA) is 143 Å². The number of carbonyl (C=O) groups excluding carboxylic acids is 2. The number of halogens is 2. The molecule has 0 saturated carbocycles. The van der Waals surface area contributed by atoms with Crippen molar-refractivity contribution in [1.82, 2.24) is 40.8 Å². The van der Waals surface area contributed by atoms with E-state index in [0.29, 0.717) is 98.8 Å². The minimum absolute atomic E-state index is 0.0704. The van der Waals surface area contributed by atoms with Gasteiger partial charge in [-0.15, -0.1) is 0 Å². The molecule has 0 unspecified atom stereocenters. The molecule has 254 valence electrons. The largest absolute Gasteiger partial charge is 0.480 e. The maximum Gasteiger partial charge on any atom is 0.237 e. The highest BCUT2D eigenvalue weighted by Crippen LogP contribution is 2.42. The van der Waals surface area contributed by atoms with Crippen LogP contribution in [0.15, 0.2) is 48.8 Å². The quantitative estimate of drug-likeness (QED) is 0.207. The molecule has 5 heterocycles. The molecule has 3 saturated heterocycles. The van der Waals surface area contributed by atoms with Gasteiger partial charge in [-0.05, 0) is 19.4 Å². The maximum atomic E-state index is 12.4. The molecule has 2 aromatic heterocycles. The number of carbonyl (C=O) groups is 2. The van der Waals surface area contributed by atoms with Crippen molar-refractivity contribution in [2.75, 3.05) is 33.9 Å². The first-order chi connectivity index (χ1) is 23.8. The Morgan fingerprint density at radius 2 is 1.49 bits per heavy atom. The van der Waals surface area contributed by atoms with Gasteiger partial charge in [0.15, 0.2) is 0 Å². The van der Waals surface area contributed by atoms with Crippen molar-refractivity contribution < 1.29 is 19.1 Å². The number of ether oxygens (including phenoxy) is 2. The van der Waals surface area contributed by atoms with Gasteiger partial charge in [0.05, 0.1) is 54.1 Å². The lowest BCUT2D eigenvalue weighted by molar-refractivity contribution is -0.123. The number of benzene rings is 2. The lowest BCUT2D eigenvalue weighted by atomic mass is 9.98. The second-order valence-corrected chi connectivity index (χ2v) is 13.2. The number of aromatic nitrogens is 4. The number of hydrogen-bond donors (Lipinski definition) is 3. The molecule has 14 heteroatoms. The number of rotatable bonds is 11. The lowest BCUT2D eigenvalue weighted by Crippen LogP contribution is -2.38. The molecule has 4 aromatic rings. The molecule has 3 aliphatic heterocycles. The SMILES string of the molecule is COc1nc(-c2cccc(-c3cccc(-c4cnc(CN5CC[C@H]6CNC(=O)[C@H]65)c(OC)n4)c3Cl)c2Cl)cnc1CNC[C@@H]1CCC(=O)N1. The summed E-state index contributed by atoms with van der Waals surface area (Å²) in [4.78, 5) is 44.9. The monoisotopic (exact) mass is 702 g/mol. The van der Waals surface area contributed by atoms with Crippen LogP contribution in [-0.4, -0.2) is 82.6 Å². The van der Waals surface area contributed by atoms with Gasteiger partial charge < -0.3 is 25.4 Å². The van der Waals surface area contributed by atoms with Gasteiger partial charge in [-0.2, -0.15) is 0 Å². The van der Waals surface area contributed by atoms with Gasteiger partial charge in [-0.3, -0.25) is 24.5 Å². The van der Waals surface area contributed by atoms with Crippen molar-refractivity contribution in [3.63, 3.8) is 0 Å². The molecular weight excluding hydrogens is 667 g/mol. The first-order valence-electron chi connectivity index (χ1n) is 16.2. The molecule has 0 spiro atoms. The van der Waals surface area contributed by atoms with Crippen LogP contribution in [-0.2, 0) is 22.7 Å². The van der Waals surface area contributed by atoms with Crippen molar-refractivity contribution in [3.8, 4) is 45.4 Å². The summed E-state index contributed by atoms with van der Waals surface area (Å²) >= 11 is 14.1. The summed E-state index contributed by atoms with van der Waals surface area (Å²) in [6, 6.07) is 11.3. The fourth-order valence-corrected chi connectivity index (χ4v) is 7.56. The third kappa shape index (κ3) is 6.65. The van der Waals surface area contributed by atoms with Crippen LogP contribution in [0.2, 0.25) is 10.0 Å². The highest BCUT2D eigenvalue weighted by Gasteiger charge is 2.43. The average molecular weight is 704 g/mol. The number of amides is 2. The van der Waals surface area contributed by atoms with Crippen LogP contribution in [0.4, 0.5) is 0 Å². The van der Waals surface area contributed by atoms with Crippen LogP contribution < -0.4 is 25.4 Å². The van der Waals surface area contributed by atoms with E-state index in [1.807, 2.05) is 36.4 Å². The third-order valence-electron chi connectivity index (χ3n) is 9.40. The van der Waals surface area contributed by atoms with Crippen LogP contribution in [0, 0.1) is 5.92 Å². The number of likely N-dealkylation sites (tertiary alicyclic amines) is 1. The van der Waals surface area contributed by atoms with Gasteiger partial charge in [-0.25, -0.2) is 9.97 Å². The molecule has 3 aliphatic rings. The molecule has 0 radical (unpaired) electrons. The predicted octanol–water partition coefficient (Wildman–Crippen LogP) is 4.28. The summed E-state index contributed by atoms with van der Waals surface area (Å²) in [5, 5.41) is 10.2. The van der Waals surface area contributed by atoms with E-state index in [-0.39, 0.29) is 23.9 Å². The Labute approximate surface area is 294 Å². The number of methoxy groups -OCH3 is 2. The van der Waals surface area contributed by atoms with Gasteiger partial charge in [0.2, 0.25) is 23.6 Å². The first kappa shape index (κ1) is 33.2. The van der Waals surface area contributed by atoms with E-state index in [1.54, 1.807) is 26.6 Å². The Morgan fingerprint density at radius 3 is 2.10 bits per heavy atom. The summed E-state index contributed by atoms with van der Waals surface area (Å²) in [5.41, 5.74) is 5.18. The molecule has 7 rings (SSSR count). The van der Waals surface area contributed by atoms with Crippen LogP contribution >= 0.6 is 23.2 Å². The number of nitrogens with zero attached hydrogens (tertiary/aromatic N) is 5. The van der Waals surface area contributed by atoms with E-state index in [0.717, 1.165) is 25.9 Å². The third-order valence-corrected chi connectivity index (χ3v) is 10.2. The van der Waals surface area contributed by atoms with Gasteiger partial charge in [0.25, 0.3) is 0 Å². The van der Waals surface area contributed by atoms with Crippen LogP contribution in [0.5, 0.6) is 11.8 Å². The summed E-state index contributed by atoms with van der Waals surface area (Å²) in [6.07, 6.45) is 5.69. The molecule has 2 aromatic carbocycles. The second kappa shape index (κ2) is 14.2. The molecule has 0 aliphatic carbocycles. The van der Waals surface area contributed by atoms with E-state index >= 15 is 0 Å². The smallest absolute Gasteiger partial charge is 0.237 e. The van der Waals surface area contributed by atoms with Crippen molar-refractivity contribution in [2.45, 2.75) is 44.4 Å². The molecule has 2 amide bonds. The Balaban J connectivity index is 1.12. The Bertz CT molecular complexity index is 1910. The minimum atomic E-state index is -0.141. The zero-order chi connectivity index (χ0) is 34.1. The standard InChI is InChI=1S/C35H36Cl2N8O4/c1-48-34-27(15-38-14-20-9-10-29(46)42-20)39-16-25(43-34)23-7-3-5-21(30(23)36)22-6-4-8-24(31(22)37)26-17-40-28(35(44-26)49-2)18-45-12-11-19-13-41-33(47)32(19)45/h3-8,16-17,19-20,32,38H,9-15,18H2,1-2H3,(H,41,47)(H,42,46)/t19-,20-,32-/m0/s1. The fourth-order valence-electron chi connectivity index (χ4n) is 6.91. The van der Waals surface area contributed by atoms with Gasteiger partial charge in [-0.1, -0.05) is 59.6 Å². The first-order valence-corrected chi connectivity index (χ1v) is 17.0. The summed E-state index contributed by atoms with van der Waals surface area (Å²) in [7, 11) is 3.12. The van der Waals surface area contributed by atoms with Crippen molar-refractivity contribution >= 4 is 35.0 Å². The molecule has 3 atom stereocenters. The predicted molar refractivity (Wildman–Crippen MR) is 185 cm³/mol. The van der Waals surface area contributed by atoms with Crippen molar-refractivity contribution in [3.05, 3.63) is 70.2 Å². The van der Waals surface area contributed by atoms with Crippen molar-refractivity contribution in [1.29, 1.82) is 0 Å². The second-order valence-electron chi connectivity index (χ2n) is 12.4. The van der Waals surface area contributed by atoms with Gasteiger partial charge in [0.1, 0.15) is 11.4 Å². The average Bonchev–Trinajstić information content (AvgIpc) is 3.83. The Kier molecular flexibility index (Phi) is 9.64. The Morgan fingerprint density at radius 1 is 0.878 bits per heavy atom. The molecular formula is C35H36Cl2N8O4. The summed E-state index contributed by atoms with van der Waals surface area (Å²) in [5.74, 6) is 1.25. The van der Waals surface area contributed by atoms with E-state index < -0.39 is 0 Å². The highest BCUT2D eigenvalue weighted by atomic mass is 35.5. The van der Waals surface area contributed by atoms with Gasteiger partial charge in [0, 0.05) is 66.8 Å². The Hall–Kier alpha value is -4.36. The summed E-state index contributed by atoms with van der Waals surface area (Å²) < 4.78 is 11.2.